The topological polar surface area (TPSA) is 54.8 Å². The summed E-state index contributed by atoms with van der Waals surface area (Å²) in [5.74, 6) is 0.802. The molecule has 1 unspecified atom stereocenters. The predicted octanol–water partition coefficient (Wildman–Crippen LogP) is 4.90. The number of fused-ring (bicyclic) bond motifs is 1. The number of nitrogens with zero attached hydrogens (tertiary/aromatic N) is 3. The lowest BCUT2D eigenvalue weighted by atomic mass is 10.1. The molecule has 5 nitrogen and oxygen atoms in total. The van der Waals surface area contributed by atoms with Crippen LogP contribution in [0.4, 0.5) is 11.5 Å². The molecule has 1 amide bonds. The van der Waals surface area contributed by atoms with E-state index in [2.05, 4.69) is 39.4 Å². The Hall–Kier alpha value is -2.47. The molecule has 0 saturated heterocycles. The third-order valence-electron chi connectivity index (χ3n) is 4.39. The van der Waals surface area contributed by atoms with Crippen molar-refractivity contribution in [3.8, 4) is 5.75 Å². The van der Waals surface area contributed by atoms with Crippen molar-refractivity contribution in [1.29, 1.82) is 0 Å². The number of methoxy groups -OCH3 is 1. The Balaban J connectivity index is 2.15. The molecular weight excluding hydrogens is 394 g/mol. The van der Waals surface area contributed by atoms with Crippen LogP contribution in [0.2, 0.25) is 0 Å². The number of halogens is 1. The number of rotatable bonds is 5. The molecule has 1 aliphatic rings. The van der Waals surface area contributed by atoms with E-state index in [-0.39, 0.29) is 11.9 Å². The average Bonchev–Trinajstić information content (AvgIpc) is 3.06. The van der Waals surface area contributed by atoms with Gasteiger partial charge in [-0.1, -0.05) is 35.5 Å². The van der Waals surface area contributed by atoms with E-state index in [0.29, 0.717) is 17.3 Å². The molecule has 1 aromatic carbocycles. The lowest BCUT2D eigenvalue weighted by molar-refractivity contribution is -0.113. The van der Waals surface area contributed by atoms with Gasteiger partial charge in [-0.15, -0.1) is 0 Å². The SMILES string of the molecule is C=CC(=O)N(c1ccc2c(n1)C=NC2CC)c1cc(C)c(Br)cc1OC. The molecule has 2 heterocycles. The second kappa shape index (κ2) is 7.41. The van der Waals surface area contributed by atoms with E-state index in [0.717, 1.165) is 27.7 Å². The first-order valence-corrected chi connectivity index (χ1v) is 9.14. The van der Waals surface area contributed by atoms with Gasteiger partial charge >= 0.3 is 0 Å². The summed E-state index contributed by atoms with van der Waals surface area (Å²) >= 11 is 3.50. The predicted molar refractivity (Wildman–Crippen MR) is 108 cm³/mol. The Bertz CT molecular complexity index is 908. The van der Waals surface area contributed by atoms with E-state index in [1.807, 2.05) is 31.2 Å². The number of aryl methyl sites for hydroxylation is 1. The van der Waals surface area contributed by atoms with Crippen molar-refractivity contribution in [3.05, 3.63) is 58.2 Å². The van der Waals surface area contributed by atoms with Crippen LogP contribution in [0.5, 0.6) is 5.75 Å². The second-order valence-electron chi connectivity index (χ2n) is 6.00. The van der Waals surface area contributed by atoms with Crippen molar-refractivity contribution in [3.63, 3.8) is 0 Å². The van der Waals surface area contributed by atoms with Crippen LogP contribution < -0.4 is 9.64 Å². The summed E-state index contributed by atoms with van der Waals surface area (Å²) in [6.45, 7) is 7.68. The van der Waals surface area contributed by atoms with E-state index >= 15 is 0 Å². The molecule has 0 radical (unpaired) electrons. The highest BCUT2D eigenvalue weighted by Gasteiger charge is 2.25. The largest absolute Gasteiger partial charge is 0.495 e. The number of hydrogen-bond acceptors (Lipinski definition) is 4. The molecule has 0 spiro atoms. The van der Waals surface area contributed by atoms with E-state index in [9.17, 15) is 4.79 Å². The van der Waals surface area contributed by atoms with Crippen LogP contribution in [0.25, 0.3) is 0 Å². The Morgan fingerprint density at radius 1 is 1.42 bits per heavy atom. The summed E-state index contributed by atoms with van der Waals surface area (Å²) in [5.41, 5.74) is 3.48. The van der Waals surface area contributed by atoms with Gasteiger partial charge in [0.2, 0.25) is 0 Å². The van der Waals surface area contributed by atoms with Gasteiger partial charge in [-0.25, -0.2) is 4.98 Å². The van der Waals surface area contributed by atoms with E-state index in [1.165, 1.54) is 11.0 Å². The molecule has 134 valence electrons. The highest BCUT2D eigenvalue weighted by Crippen LogP contribution is 2.38. The zero-order chi connectivity index (χ0) is 18.8. The second-order valence-corrected chi connectivity index (χ2v) is 6.85. The maximum Gasteiger partial charge on any atom is 0.256 e. The van der Waals surface area contributed by atoms with Gasteiger partial charge in [0.05, 0.1) is 24.5 Å². The number of amides is 1. The number of carbonyl (C=O) groups is 1. The Morgan fingerprint density at radius 2 is 2.19 bits per heavy atom. The number of carbonyl (C=O) groups excluding carboxylic acids is 1. The van der Waals surface area contributed by atoms with E-state index in [1.54, 1.807) is 13.3 Å². The molecule has 0 aliphatic carbocycles. The maximum atomic E-state index is 12.7. The summed E-state index contributed by atoms with van der Waals surface area (Å²) < 4.78 is 6.40. The van der Waals surface area contributed by atoms with Crippen LogP contribution in [-0.4, -0.2) is 24.2 Å². The van der Waals surface area contributed by atoms with Crippen molar-refractivity contribution in [2.75, 3.05) is 12.0 Å². The highest BCUT2D eigenvalue weighted by atomic mass is 79.9. The number of anilines is 2. The molecule has 1 aliphatic heterocycles. The number of pyridine rings is 1. The molecule has 0 N–H and O–H groups in total. The van der Waals surface area contributed by atoms with Crippen LogP contribution in [0.3, 0.4) is 0 Å². The maximum absolute atomic E-state index is 12.7. The Labute approximate surface area is 161 Å². The van der Waals surface area contributed by atoms with E-state index < -0.39 is 0 Å². The lowest BCUT2D eigenvalue weighted by Crippen LogP contribution is -2.25. The minimum absolute atomic E-state index is 0.138. The standard InChI is InChI=1S/C20H20BrN3O2/c1-5-15-13-7-8-19(23-16(13)11-22-15)24(20(25)6-2)17-9-12(3)14(21)10-18(17)26-4/h6-11,15H,2,5H2,1,3-4H3. The van der Waals surface area contributed by atoms with Gasteiger partial charge in [0.1, 0.15) is 11.6 Å². The number of aromatic nitrogens is 1. The molecule has 3 rings (SSSR count). The molecular formula is C20H20BrN3O2. The average molecular weight is 414 g/mol. The zero-order valence-electron chi connectivity index (χ0n) is 15.0. The van der Waals surface area contributed by atoms with Crippen molar-refractivity contribution in [2.24, 2.45) is 4.99 Å². The minimum atomic E-state index is -0.278. The lowest BCUT2D eigenvalue weighted by Gasteiger charge is -2.24. The number of aliphatic imine (C=N–C) groups is 1. The fraction of sp³-hybridized carbons (Fsp3) is 0.250. The quantitative estimate of drug-likeness (QED) is 0.655. The summed E-state index contributed by atoms with van der Waals surface area (Å²) in [4.78, 5) is 23.3. The van der Waals surface area contributed by atoms with Crippen LogP contribution >= 0.6 is 15.9 Å². The smallest absolute Gasteiger partial charge is 0.256 e. The van der Waals surface area contributed by atoms with Crippen LogP contribution in [0, 0.1) is 6.92 Å². The third-order valence-corrected chi connectivity index (χ3v) is 5.24. The zero-order valence-corrected chi connectivity index (χ0v) is 16.6. The first-order valence-electron chi connectivity index (χ1n) is 8.34. The number of ether oxygens (including phenoxy) is 1. The van der Waals surface area contributed by atoms with Gasteiger partial charge in [0, 0.05) is 16.3 Å². The molecule has 26 heavy (non-hydrogen) atoms. The van der Waals surface area contributed by atoms with Gasteiger partial charge < -0.3 is 4.74 Å². The van der Waals surface area contributed by atoms with Crippen LogP contribution in [0.1, 0.15) is 36.2 Å². The van der Waals surface area contributed by atoms with Crippen molar-refractivity contribution >= 4 is 39.6 Å². The normalized spacial score (nSPS) is 14.8. The number of benzene rings is 1. The Morgan fingerprint density at radius 3 is 2.85 bits per heavy atom. The van der Waals surface area contributed by atoms with Crippen molar-refractivity contribution in [2.45, 2.75) is 26.3 Å². The monoisotopic (exact) mass is 413 g/mol. The molecule has 0 bridgehead atoms. The molecule has 1 atom stereocenters. The van der Waals surface area contributed by atoms with Gasteiger partial charge in [-0.2, -0.15) is 0 Å². The molecule has 0 fully saturated rings. The van der Waals surface area contributed by atoms with Crippen molar-refractivity contribution < 1.29 is 9.53 Å². The van der Waals surface area contributed by atoms with Gasteiger partial charge in [-0.05, 0) is 43.2 Å². The van der Waals surface area contributed by atoms with Crippen molar-refractivity contribution in [1.82, 2.24) is 4.98 Å². The highest BCUT2D eigenvalue weighted by molar-refractivity contribution is 9.10. The summed E-state index contributed by atoms with van der Waals surface area (Å²) in [6, 6.07) is 7.70. The first kappa shape index (κ1) is 18.3. The number of hydrogen-bond donors (Lipinski definition) is 0. The van der Waals surface area contributed by atoms with E-state index in [4.69, 9.17) is 4.74 Å². The van der Waals surface area contributed by atoms with Gasteiger partial charge in [0.25, 0.3) is 5.91 Å². The fourth-order valence-corrected chi connectivity index (χ4v) is 3.31. The summed E-state index contributed by atoms with van der Waals surface area (Å²) in [6.07, 6.45) is 3.96. The molecule has 6 heteroatoms. The molecule has 0 saturated carbocycles. The molecule has 1 aromatic heterocycles. The summed E-state index contributed by atoms with van der Waals surface area (Å²) in [5, 5.41) is 0. The Kier molecular flexibility index (Phi) is 5.23. The van der Waals surface area contributed by atoms with Gasteiger partial charge in [-0.3, -0.25) is 14.7 Å². The summed E-state index contributed by atoms with van der Waals surface area (Å²) in [7, 11) is 1.58. The first-order chi connectivity index (χ1) is 12.5. The minimum Gasteiger partial charge on any atom is -0.495 e. The fourth-order valence-electron chi connectivity index (χ4n) is 2.98. The van der Waals surface area contributed by atoms with Crippen LogP contribution in [0.15, 0.2) is 46.4 Å². The third kappa shape index (κ3) is 3.17. The van der Waals surface area contributed by atoms with Gasteiger partial charge in [0.15, 0.2) is 0 Å². The van der Waals surface area contributed by atoms with Crippen LogP contribution in [-0.2, 0) is 4.79 Å². The molecule has 2 aromatic rings.